The monoisotopic (exact) mass is 424 g/mol. The molecule has 2 aromatic carbocycles. The van der Waals surface area contributed by atoms with Crippen LogP contribution in [-0.2, 0) is 6.42 Å². The maximum atomic E-state index is 12.2. The first kappa shape index (κ1) is 18.9. The van der Waals surface area contributed by atoms with Crippen molar-refractivity contribution in [3.63, 3.8) is 0 Å². The van der Waals surface area contributed by atoms with E-state index in [1.54, 1.807) is 18.2 Å². The summed E-state index contributed by atoms with van der Waals surface area (Å²) in [6.07, 6.45) is 1.86. The maximum Gasteiger partial charge on any atom is 0.258 e. The van der Waals surface area contributed by atoms with E-state index in [1.807, 2.05) is 25.1 Å². The predicted octanol–water partition coefficient (Wildman–Crippen LogP) is 4.73. The Bertz CT molecular complexity index is 724. The zero-order valence-electron chi connectivity index (χ0n) is 13.2. The number of rotatable bonds is 5. The number of hydrogen-bond donors (Lipinski definition) is 2. The van der Waals surface area contributed by atoms with E-state index in [2.05, 4.69) is 38.7 Å². The van der Waals surface area contributed by atoms with Gasteiger partial charge in [0, 0.05) is 10.5 Å². The van der Waals surface area contributed by atoms with Crippen molar-refractivity contribution in [3.05, 3.63) is 69.2 Å². The Balaban J connectivity index is 1.83. The molecular weight excluding hydrogens is 408 g/mol. The summed E-state index contributed by atoms with van der Waals surface area (Å²) in [6.45, 7) is 2.04. The molecule has 0 unspecified atom stereocenters. The van der Waals surface area contributed by atoms with Gasteiger partial charge in [0.1, 0.15) is 0 Å². The van der Waals surface area contributed by atoms with Crippen LogP contribution in [0.5, 0.6) is 0 Å². The molecule has 2 rings (SSSR count). The van der Waals surface area contributed by atoms with E-state index in [0.29, 0.717) is 15.7 Å². The fourth-order valence-corrected chi connectivity index (χ4v) is 3.06. The average Bonchev–Trinajstić information content (AvgIpc) is 2.56. The molecule has 0 aliphatic heterocycles. The van der Waals surface area contributed by atoms with Crippen LogP contribution in [0.25, 0.3) is 0 Å². The summed E-state index contributed by atoms with van der Waals surface area (Å²) < 4.78 is 0.784. The van der Waals surface area contributed by atoms with Crippen LogP contribution >= 0.6 is 39.7 Å². The van der Waals surface area contributed by atoms with Gasteiger partial charge in [-0.15, -0.1) is 0 Å². The summed E-state index contributed by atoms with van der Waals surface area (Å²) in [5.74, 6) is -0.325. The first-order valence-electron chi connectivity index (χ1n) is 7.56. The standard InChI is InChI=1S/C18H18BrClN2OS/c1-12(7-8-13-5-3-2-4-6-13)21-18(24)22-17(23)15-11-14(19)9-10-16(15)20/h2-6,9-12H,7-8H2,1H3,(H2,21,22,23,24)/t12-/m1/s1. The molecule has 0 fully saturated rings. The molecule has 0 saturated heterocycles. The second-order valence-corrected chi connectivity index (χ2v) is 7.21. The molecule has 0 spiro atoms. The Morgan fingerprint density at radius 1 is 1.25 bits per heavy atom. The zero-order valence-corrected chi connectivity index (χ0v) is 16.3. The average molecular weight is 426 g/mol. The number of nitrogens with one attached hydrogen (secondary N) is 2. The van der Waals surface area contributed by atoms with Crippen molar-refractivity contribution in [2.75, 3.05) is 0 Å². The van der Waals surface area contributed by atoms with Gasteiger partial charge in [-0.2, -0.15) is 0 Å². The van der Waals surface area contributed by atoms with Gasteiger partial charge in [-0.3, -0.25) is 10.1 Å². The van der Waals surface area contributed by atoms with Crippen LogP contribution in [0.2, 0.25) is 5.02 Å². The van der Waals surface area contributed by atoms with Crippen molar-refractivity contribution in [1.82, 2.24) is 10.6 Å². The maximum absolute atomic E-state index is 12.2. The lowest BCUT2D eigenvalue weighted by Crippen LogP contribution is -2.43. The van der Waals surface area contributed by atoms with Crippen LogP contribution < -0.4 is 10.6 Å². The molecule has 0 bridgehead atoms. The highest BCUT2D eigenvalue weighted by Gasteiger charge is 2.13. The largest absolute Gasteiger partial charge is 0.360 e. The van der Waals surface area contributed by atoms with E-state index in [9.17, 15) is 4.79 Å². The Kier molecular flexibility index (Phi) is 7.21. The molecule has 6 heteroatoms. The molecule has 3 nitrogen and oxygen atoms in total. The van der Waals surface area contributed by atoms with Gasteiger partial charge in [0.2, 0.25) is 0 Å². The molecule has 2 N–H and O–H groups in total. The van der Waals surface area contributed by atoms with Crippen LogP contribution in [0.1, 0.15) is 29.3 Å². The molecular formula is C18H18BrClN2OS. The van der Waals surface area contributed by atoms with Crippen molar-refractivity contribution in [2.24, 2.45) is 0 Å². The number of amides is 1. The van der Waals surface area contributed by atoms with Crippen LogP contribution in [0, 0.1) is 0 Å². The van der Waals surface area contributed by atoms with Crippen molar-refractivity contribution < 1.29 is 4.79 Å². The third-order valence-electron chi connectivity index (χ3n) is 3.49. The minimum Gasteiger partial charge on any atom is -0.360 e. The minimum atomic E-state index is -0.325. The summed E-state index contributed by atoms with van der Waals surface area (Å²) in [4.78, 5) is 12.2. The summed E-state index contributed by atoms with van der Waals surface area (Å²) in [5, 5.41) is 6.49. The van der Waals surface area contributed by atoms with Gasteiger partial charge in [0.25, 0.3) is 5.91 Å². The van der Waals surface area contributed by atoms with Crippen LogP contribution in [0.15, 0.2) is 53.0 Å². The number of carbonyl (C=O) groups excluding carboxylic acids is 1. The molecule has 1 amide bonds. The molecule has 24 heavy (non-hydrogen) atoms. The van der Waals surface area contributed by atoms with E-state index in [4.69, 9.17) is 23.8 Å². The fraction of sp³-hybridized carbons (Fsp3) is 0.222. The minimum absolute atomic E-state index is 0.149. The molecule has 2 aromatic rings. The first-order chi connectivity index (χ1) is 11.5. The highest BCUT2D eigenvalue weighted by Crippen LogP contribution is 2.20. The highest BCUT2D eigenvalue weighted by atomic mass is 79.9. The number of carbonyl (C=O) groups is 1. The summed E-state index contributed by atoms with van der Waals surface area (Å²) in [5.41, 5.74) is 1.66. The Hall–Kier alpha value is -1.43. The summed E-state index contributed by atoms with van der Waals surface area (Å²) in [7, 11) is 0. The zero-order chi connectivity index (χ0) is 17.5. The van der Waals surface area contributed by atoms with E-state index < -0.39 is 0 Å². The third kappa shape index (κ3) is 5.89. The first-order valence-corrected chi connectivity index (χ1v) is 9.14. The van der Waals surface area contributed by atoms with Gasteiger partial charge in [0.15, 0.2) is 5.11 Å². The number of thiocarbonyl (C=S) groups is 1. The van der Waals surface area contributed by atoms with Gasteiger partial charge < -0.3 is 5.32 Å². The quantitative estimate of drug-likeness (QED) is 0.681. The molecule has 0 aliphatic carbocycles. The van der Waals surface area contributed by atoms with E-state index in [-0.39, 0.29) is 11.9 Å². The Morgan fingerprint density at radius 3 is 2.67 bits per heavy atom. The molecule has 0 heterocycles. The van der Waals surface area contributed by atoms with Gasteiger partial charge in [-0.1, -0.05) is 57.9 Å². The van der Waals surface area contributed by atoms with Gasteiger partial charge in [0.05, 0.1) is 10.6 Å². The highest BCUT2D eigenvalue weighted by molar-refractivity contribution is 9.10. The van der Waals surface area contributed by atoms with Gasteiger partial charge in [-0.05, 0) is 55.7 Å². The lowest BCUT2D eigenvalue weighted by Gasteiger charge is -2.16. The second-order valence-electron chi connectivity index (χ2n) is 5.48. The number of benzene rings is 2. The van der Waals surface area contributed by atoms with Crippen LogP contribution in [-0.4, -0.2) is 17.1 Å². The van der Waals surface area contributed by atoms with E-state index >= 15 is 0 Å². The van der Waals surface area contributed by atoms with Crippen LogP contribution in [0.3, 0.4) is 0 Å². The Labute approximate surface area is 160 Å². The summed E-state index contributed by atoms with van der Waals surface area (Å²) in [6, 6.07) is 15.5. The normalized spacial score (nSPS) is 11.6. The van der Waals surface area contributed by atoms with E-state index in [1.165, 1.54) is 5.56 Å². The molecule has 0 aromatic heterocycles. The smallest absolute Gasteiger partial charge is 0.258 e. The SMILES string of the molecule is C[C@H](CCc1ccccc1)NC(=S)NC(=O)c1cc(Br)ccc1Cl. The summed E-state index contributed by atoms with van der Waals surface area (Å²) >= 11 is 14.6. The number of halogens is 2. The lowest BCUT2D eigenvalue weighted by atomic mass is 10.1. The molecule has 0 saturated carbocycles. The Morgan fingerprint density at radius 2 is 1.96 bits per heavy atom. The van der Waals surface area contributed by atoms with Gasteiger partial charge in [-0.25, -0.2) is 0 Å². The number of aryl methyl sites for hydroxylation is 1. The van der Waals surface area contributed by atoms with Crippen molar-refractivity contribution in [3.8, 4) is 0 Å². The molecule has 126 valence electrons. The predicted molar refractivity (Wildman–Crippen MR) is 107 cm³/mol. The van der Waals surface area contributed by atoms with Gasteiger partial charge >= 0.3 is 0 Å². The molecule has 1 atom stereocenters. The molecule has 0 radical (unpaired) electrons. The third-order valence-corrected chi connectivity index (χ3v) is 4.53. The second kappa shape index (κ2) is 9.16. The van der Waals surface area contributed by atoms with Crippen molar-refractivity contribution >= 4 is 50.8 Å². The number of hydrogen-bond acceptors (Lipinski definition) is 2. The fourth-order valence-electron chi connectivity index (χ4n) is 2.20. The lowest BCUT2D eigenvalue weighted by molar-refractivity contribution is 0.0976. The van der Waals surface area contributed by atoms with E-state index in [0.717, 1.165) is 17.3 Å². The van der Waals surface area contributed by atoms with Crippen molar-refractivity contribution in [1.29, 1.82) is 0 Å². The van der Waals surface area contributed by atoms with Crippen LogP contribution in [0.4, 0.5) is 0 Å². The molecule has 0 aliphatic rings. The van der Waals surface area contributed by atoms with Crippen molar-refractivity contribution in [2.45, 2.75) is 25.8 Å². The topological polar surface area (TPSA) is 41.1 Å².